The van der Waals surface area contributed by atoms with Crippen molar-refractivity contribution in [2.45, 2.75) is 39.8 Å². The Balaban J connectivity index is 0.00000392. The average molecular weight is 503 g/mol. The highest BCUT2D eigenvalue weighted by molar-refractivity contribution is 14.0. The number of halogens is 1. The van der Waals surface area contributed by atoms with Crippen molar-refractivity contribution in [3.8, 4) is 5.75 Å². The molecule has 1 aromatic carbocycles. The third kappa shape index (κ3) is 8.13. The summed E-state index contributed by atoms with van der Waals surface area (Å²) in [4.78, 5) is 9.29. The van der Waals surface area contributed by atoms with Gasteiger partial charge in [0.25, 0.3) is 0 Å². The van der Waals surface area contributed by atoms with Gasteiger partial charge in [0.15, 0.2) is 5.96 Å². The van der Waals surface area contributed by atoms with Gasteiger partial charge in [0.05, 0.1) is 6.61 Å². The number of ether oxygens (including phenoxy) is 1. The van der Waals surface area contributed by atoms with Gasteiger partial charge in [-0.2, -0.15) is 0 Å². The Hall–Kier alpha value is -1.06. The summed E-state index contributed by atoms with van der Waals surface area (Å²) in [6.07, 6.45) is 1.01. The molecule has 0 aromatic heterocycles. The van der Waals surface area contributed by atoms with Crippen molar-refractivity contribution < 1.29 is 4.74 Å². The van der Waals surface area contributed by atoms with Crippen molar-refractivity contribution in [3.05, 3.63) is 29.3 Å². The maximum absolute atomic E-state index is 5.91. The molecule has 28 heavy (non-hydrogen) atoms. The van der Waals surface area contributed by atoms with E-state index in [4.69, 9.17) is 4.74 Å². The number of rotatable bonds is 8. The molecule has 1 fully saturated rings. The van der Waals surface area contributed by atoms with Gasteiger partial charge in [0, 0.05) is 57.9 Å². The molecule has 1 aliphatic heterocycles. The van der Waals surface area contributed by atoms with Crippen LogP contribution >= 0.6 is 24.0 Å². The highest BCUT2D eigenvalue weighted by Gasteiger charge is 2.19. The van der Waals surface area contributed by atoms with Crippen LogP contribution in [0.1, 0.15) is 31.4 Å². The van der Waals surface area contributed by atoms with Crippen molar-refractivity contribution in [2.75, 3.05) is 53.4 Å². The molecule has 2 N–H and O–H groups in total. The summed E-state index contributed by atoms with van der Waals surface area (Å²) in [5.41, 5.74) is 2.37. The Kier molecular flexibility index (Phi) is 11.8. The molecule has 0 spiro atoms. The minimum Gasteiger partial charge on any atom is -0.493 e. The number of benzene rings is 1. The van der Waals surface area contributed by atoms with Gasteiger partial charge in [-0.25, -0.2) is 0 Å². The number of hydrogen-bond acceptors (Lipinski definition) is 4. The van der Waals surface area contributed by atoms with Crippen molar-refractivity contribution in [3.63, 3.8) is 0 Å². The molecule has 0 radical (unpaired) electrons. The first-order chi connectivity index (χ1) is 13.0. The standard InChI is InChI=1S/C21H37N5O.HI/c1-6-13-27-20-14-17(2)7-8-19(20)16-24-21(22-4)23-15-18(3)26-11-9-25(5)10-12-26;/h7-8,14,18H,6,9-13,15-16H2,1-5H3,(H2,22,23,24);1H. The molecule has 6 nitrogen and oxygen atoms in total. The summed E-state index contributed by atoms with van der Waals surface area (Å²) in [5, 5.41) is 6.88. The Labute approximate surface area is 188 Å². The lowest BCUT2D eigenvalue weighted by atomic mass is 10.1. The second-order valence-electron chi connectivity index (χ2n) is 7.45. The monoisotopic (exact) mass is 503 g/mol. The van der Waals surface area contributed by atoms with Gasteiger partial charge in [-0.3, -0.25) is 9.89 Å². The highest BCUT2D eigenvalue weighted by Crippen LogP contribution is 2.20. The maximum atomic E-state index is 5.91. The number of aryl methyl sites for hydroxylation is 1. The number of guanidine groups is 1. The van der Waals surface area contributed by atoms with Crippen LogP contribution in [0.4, 0.5) is 0 Å². The largest absolute Gasteiger partial charge is 0.493 e. The second-order valence-corrected chi connectivity index (χ2v) is 7.45. The van der Waals surface area contributed by atoms with Crippen LogP contribution in [0.25, 0.3) is 0 Å². The lowest BCUT2D eigenvalue weighted by Gasteiger charge is -2.36. The zero-order valence-corrected chi connectivity index (χ0v) is 20.5. The fourth-order valence-corrected chi connectivity index (χ4v) is 3.19. The van der Waals surface area contributed by atoms with Crippen LogP contribution in [-0.2, 0) is 6.54 Å². The average Bonchev–Trinajstić information content (AvgIpc) is 2.67. The molecular formula is C21H38IN5O. The molecular weight excluding hydrogens is 465 g/mol. The van der Waals surface area contributed by atoms with E-state index < -0.39 is 0 Å². The van der Waals surface area contributed by atoms with Gasteiger partial charge in [0.2, 0.25) is 0 Å². The Morgan fingerprint density at radius 2 is 1.93 bits per heavy atom. The first kappa shape index (κ1) is 25.0. The number of aliphatic imine (C=N–C) groups is 1. The molecule has 1 aliphatic rings. The topological polar surface area (TPSA) is 52.1 Å². The summed E-state index contributed by atoms with van der Waals surface area (Å²) in [7, 11) is 4.01. The van der Waals surface area contributed by atoms with E-state index in [2.05, 4.69) is 71.4 Å². The number of piperazine rings is 1. The normalized spacial score (nSPS) is 17.0. The van der Waals surface area contributed by atoms with Crippen molar-refractivity contribution in [1.29, 1.82) is 0 Å². The third-order valence-electron chi connectivity index (χ3n) is 5.08. The number of hydrogen-bond donors (Lipinski definition) is 2. The molecule has 1 heterocycles. The predicted molar refractivity (Wildman–Crippen MR) is 129 cm³/mol. The van der Waals surface area contributed by atoms with Crippen molar-refractivity contribution >= 4 is 29.9 Å². The highest BCUT2D eigenvalue weighted by atomic mass is 127. The van der Waals surface area contributed by atoms with Crippen LogP contribution < -0.4 is 15.4 Å². The Morgan fingerprint density at radius 3 is 2.57 bits per heavy atom. The summed E-state index contributed by atoms with van der Waals surface area (Å²) in [5.74, 6) is 1.80. The molecule has 1 saturated heterocycles. The van der Waals surface area contributed by atoms with Gasteiger partial charge >= 0.3 is 0 Å². The van der Waals surface area contributed by atoms with Gasteiger partial charge in [-0.15, -0.1) is 24.0 Å². The predicted octanol–water partition coefficient (Wildman–Crippen LogP) is 2.70. The molecule has 1 atom stereocenters. The van der Waals surface area contributed by atoms with Crippen molar-refractivity contribution in [2.24, 2.45) is 4.99 Å². The molecule has 2 rings (SSSR count). The van der Waals surface area contributed by atoms with Gasteiger partial charge in [-0.05, 0) is 38.9 Å². The van der Waals surface area contributed by atoms with E-state index in [0.29, 0.717) is 12.6 Å². The number of likely N-dealkylation sites (N-methyl/N-ethyl adjacent to an activating group) is 1. The molecule has 0 saturated carbocycles. The zero-order valence-electron chi connectivity index (χ0n) is 18.1. The van der Waals surface area contributed by atoms with E-state index in [1.165, 1.54) is 5.56 Å². The fourth-order valence-electron chi connectivity index (χ4n) is 3.19. The van der Waals surface area contributed by atoms with Crippen LogP contribution in [-0.4, -0.2) is 75.2 Å². The zero-order chi connectivity index (χ0) is 19.6. The van der Waals surface area contributed by atoms with Gasteiger partial charge in [0.1, 0.15) is 5.75 Å². The van der Waals surface area contributed by atoms with E-state index in [1.807, 2.05) is 7.05 Å². The van der Waals surface area contributed by atoms with Crippen LogP contribution in [0.5, 0.6) is 5.75 Å². The summed E-state index contributed by atoms with van der Waals surface area (Å²) in [6, 6.07) is 6.85. The number of nitrogens with zero attached hydrogens (tertiary/aromatic N) is 3. The summed E-state index contributed by atoms with van der Waals surface area (Å²) < 4.78 is 5.91. The summed E-state index contributed by atoms with van der Waals surface area (Å²) >= 11 is 0. The molecule has 1 unspecified atom stereocenters. The van der Waals surface area contributed by atoms with Crippen LogP contribution in [0.3, 0.4) is 0 Å². The minimum atomic E-state index is 0. The smallest absolute Gasteiger partial charge is 0.191 e. The molecule has 7 heteroatoms. The van der Waals surface area contributed by atoms with E-state index in [1.54, 1.807) is 0 Å². The lowest BCUT2D eigenvalue weighted by Crippen LogP contribution is -2.52. The molecule has 0 bridgehead atoms. The Bertz CT molecular complexity index is 602. The van der Waals surface area contributed by atoms with Crippen LogP contribution in [0.15, 0.2) is 23.2 Å². The van der Waals surface area contributed by atoms with Crippen LogP contribution in [0.2, 0.25) is 0 Å². The second kappa shape index (κ2) is 13.2. The van der Waals surface area contributed by atoms with E-state index in [9.17, 15) is 0 Å². The SMILES string of the molecule is CCCOc1cc(C)ccc1CNC(=NC)NCC(C)N1CCN(C)CC1.I. The van der Waals surface area contributed by atoms with E-state index in [0.717, 1.165) is 63.0 Å². The van der Waals surface area contributed by atoms with Gasteiger partial charge in [-0.1, -0.05) is 19.1 Å². The minimum absolute atomic E-state index is 0. The summed E-state index contributed by atoms with van der Waals surface area (Å²) in [6.45, 7) is 13.4. The molecule has 0 amide bonds. The van der Waals surface area contributed by atoms with E-state index >= 15 is 0 Å². The molecule has 0 aliphatic carbocycles. The third-order valence-corrected chi connectivity index (χ3v) is 5.08. The maximum Gasteiger partial charge on any atom is 0.191 e. The lowest BCUT2D eigenvalue weighted by molar-refractivity contribution is 0.120. The van der Waals surface area contributed by atoms with Gasteiger partial charge < -0.3 is 20.3 Å². The fraction of sp³-hybridized carbons (Fsp3) is 0.667. The number of nitrogens with one attached hydrogen (secondary N) is 2. The quantitative estimate of drug-likeness (QED) is 0.325. The Morgan fingerprint density at radius 1 is 1.21 bits per heavy atom. The van der Waals surface area contributed by atoms with E-state index in [-0.39, 0.29) is 24.0 Å². The van der Waals surface area contributed by atoms with Crippen LogP contribution in [0, 0.1) is 6.92 Å². The van der Waals surface area contributed by atoms with Crippen molar-refractivity contribution in [1.82, 2.24) is 20.4 Å². The first-order valence-electron chi connectivity index (χ1n) is 10.1. The first-order valence-corrected chi connectivity index (χ1v) is 10.1. The molecule has 1 aromatic rings. The molecule has 160 valence electrons.